The molecule has 0 spiro atoms. The number of hydrogen-bond donors (Lipinski definition) is 1. The number of carbonyl (C=O) groups is 2. The average molecular weight is 631 g/mol. The molecular formula is C31H23Cl3FNO6. The molecule has 0 saturated carbocycles. The minimum Gasteiger partial charge on any atom is -0.493 e. The Morgan fingerprint density at radius 3 is 2.43 bits per heavy atom. The van der Waals surface area contributed by atoms with Gasteiger partial charge < -0.3 is 19.4 Å². The summed E-state index contributed by atoms with van der Waals surface area (Å²) in [5.74, 6) is -1.23. The molecule has 1 unspecified atom stereocenters. The molecule has 4 aromatic rings. The number of carboxylic acids is 1. The number of aliphatic carboxylic acids is 1. The number of nitrogens with zero attached hydrogens (tertiary/aromatic N) is 1. The van der Waals surface area contributed by atoms with E-state index in [-0.39, 0.29) is 46.1 Å². The fourth-order valence-corrected chi connectivity index (χ4v) is 5.09. The molecule has 7 nitrogen and oxygen atoms in total. The summed E-state index contributed by atoms with van der Waals surface area (Å²) < 4.78 is 25.3. The van der Waals surface area contributed by atoms with Crippen LogP contribution in [0.1, 0.15) is 33.8 Å². The molecule has 5 rings (SSSR count). The zero-order valence-electron chi connectivity index (χ0n) is 21.9. The molecule has 1 aliphatic heterocycles. The van der Waals surface area contributed by atoms with Gasteiger partial charge in [-0.3, -0.25) is 9.59 Å². The Balaban J connectivity index is 1.34. The number of hydroxylamine groups is 2. The van der Waals surface area contributed by atoms with Crippen molar-refractivity contribution in [1.82, 2.24) is 5.06 Å². The summed E-state index contributed by atoms with van der Waals surface area (Å²) in [6.45, 7) is 0.364. The van der Waals surface area contributed by atoms with Crippen LogP contribution >= 0.6 is 34.8 Å². The maximum atomic E-state index is 13.7. The van der Waals surface area contributed by atoms with Gasteiger partial charge in [0.1, 0.15) is 23.1 Å². The number of rotatable bonds is 9. The minimum absolute atomic E-state index is 0.0988. The van der Waals surface area contributed by atoms with Crippen LogP contribution in [0.15, 0.2) is 78.9 Å². The van der Waals surface area contributed by atoms with E-state index in [0.717, 1.165) is 5.06 Å². The monoisotopic (exact) mass is 629 g/mol. The first-order valence-corrected chi connectivity index (χ1v) is 14.0. The van der Waals surface area contributed by atoms with Crippen molar-refractivity contribution in [2.75, 3.05) is 13.2 Å². The van der Waals surface area contributed by atoms with Gasteiger partial charge in [0.25, 0.3) is 5.91 Å². The van der Waals surface area contributed by atoms with E-state index in [4.69, 9.17) is 49.1 Å². The Kier molecular flexibility index (Phi) is 9.06. The van der Waals surface area contributed by atoms with Crippen LogP contribution in [-0.4, -0.2) is 35.2 Å². The van der Waals surface area contributed by atoms with Crippen molar-refractivity contribution in [2.24, 2.45) is 0 Å². The van der Waals surface area contributed by atoms with Gasteiger partial charge in [-0.25, -0.2) is 4.39 Å². The average Bonchev–Trinajstić information content (AvgIpc) is 2.96. The molecule has 0 aliphatic carbocycles. The molecule has 0 radical (unpaired) electrons. The SMILES string of the molecule is O=C(O)C1CCOc2cc(Oc3ccc(C(=O)N(CCc4cccc(F)c4)Oc4ccc(Cl)cc4Cl)cc3)c(Cl)cc21. The van der Waals surface area contributed by atoms with Crippen molar-refractivity contribution in [2.45, 2.75) is 18.8 Å². The van der Waals surface area contributed by atoms with E-state index < -0.39 is 17.8 Å². The van der Waals surface area contributed by atoms with Gasteiger partial charge in [0, 0.05) is 22.2 Å². The highest BCUT2D eigenvalue weighted by Crippen LogP contribution is 2.42. The zero-order chi connectivity index (χ0) is 29.8. The molecule has 216 valence electrons. The van der Waals surface area contributed by atoms with E-state index in [0.29, 0.717) is 40.5 Å². The summed E-state index contributed by atoms with van der Waals surface area (Å²) in [6, 6.07) is 20.1. The fraction of sp³-hybridized carbons (Fsp3) is 0.161. The van der Waals surface area contributed by atoms with Gasteiger partial charge >= 0.3 is 5.97 Å². The molecule has 1 aliphatic rings. The van der Waals surface area contributed by atoms with Gasteiger partial charge in [-0.1, -0.05) is 46.9 Å². The molecule has 1 N–H and O–H groups in total. The third-order valence-corrected chi connectivity index (χ3v) is 7.38. The van der Waals surface area contributed by atoms with Crippen molar-refractivity contribution < 1.29 is 33.4 Å². The van der Waals surface area contributed by atoms with Crippen LogP contribution in [0.5, 0.6) is 23.0 Å². The van der Waals surface area contributed by atoms with E-state index in [1.165, 1.54) is 24.3 Å². The highest BCUT2D eigenvalue weighted by atomic mass is 35.5. The van der Waals surface area contributed by atoms with E-state index >= 15 is 0 Å². The maximum absolute atomic E-state index is 13.7. The van der Waals surface area contributed by atoms with Gasteiger partial charge in [0.15, 0.2) is 5.75 Å². The molecule has 11 heteroatoms. The van der Waals surface area contributed by atoms with E-state index in [2.05, 4.69) is 0 Å². The number of carbonyl (C=O) groups excluding carboxylic acids is 1. The lowest BCUT2D eigenvalue weighted by Gasteiger charge is -2.24. The standard InChI is InChI=1S/C31H23Cl3FNO6/c32-20-6-9-27(25(33)15-20)42-36(12-10-18-2-1-3-21(35)14-18)30(37)19-4-7-22(8-5-19)41-29-17-28-24(16-26(29)34)23(31(38)39)11-13-40-28/h1-9,14-17,23H,10-13H2,(H,38,39). The topological polar surface area (TPSA) is 85.3 Å². The van der Waals surface area contributed by atoms with Crippen molar-refractivity contribution >= 4 is 46.7 Å². The first kappa shape index (κ1) is 29.5. The number of carboxylic acid groups (broad SMARTS) is 1. The fourth-order valence-electron chi connectivity index (χ4n) is 4.44. The molecule has 0 fully saturated rings. The van der Waals surface area contributed by atoms with Crippen molar-refractivity contribution in [1.29, 1.82) is 0 Å². The molecule has 0 saturated heterocycles. The first-order chi connectivity index (χ1) is 20.2. The minimum atomic E-state index is -0.947. The van der Waals surface area contributed by atoms with E-state index in [9.17, 15) is 19.1 Å². The molecule has 0 aromatic heterocycles. The van der Waals surface area contributed by atoms with Crippen molar-refractivity contribution in [3.63, 3.8) is 0 Å². The molecule has 1 heterocycles. The maximum Gasteiger partial charge on any atom is 0.311 e. The normalized spacial score (nSPS) is 14.0. The number of fused-ring (bicyclic) bond motifs is 1. The third-order valence-electron chi connectivity index (χ3n) is 6.55. The van der Waals surface area contributed by atoms with E-state index in [1.807, 2.05) is 0 Å². The van der Waals surface area contributed by atoms with Crippen molar-refractivity contribution in [3.8, 4) is 23.0 Å². The third kappa shape index (κ3) is 6.90. The number of amides is 1. The summed E-state index contributed by atoms with van der Waals surface area (Å²) in [5, 5.41) is 11.5. The zero-order valence-corrected chi connectivity index (χ0v) is 24.1. The summed E-state index contributed by atoms with van der Waals surface area (Å²) >= 11 is 18.7. The second-order valence-electron chi connectivity index (χ2n) is 9.43. The van der Waals surface area contributed by atoms with Gasteiger partial charge in [-0.05, 0) is 79.1 Å². The molecule has 1 atom stereocenters. The molecule has 4 aromatic carbocycles. The first-order valence-electron chi connectivity index (χ1n) is 12.8. The van der Waals surface area contributed by atoms with Crippen LogP contribution in [-0.2, 0) is 11.2 Å². The van der Waals surface area contributed by atoms with Crippen molar-refractivity contribution in [3.05, 3.63) is 116 Å². The summed E-state index contributed by atoms with van der Waals surface area (Å²) in [5.41, 5.74) is 1.46. The number of hydrogen-bond acceptors (Lipinski definition) is 5. The molecule has 42 heavy (non-hydrogen) atoms. The molecule has 0 bridgehead atoms. The Morgan fingerprint density at radius 2 is 1.71 bits per heavy atom. The van der Waals surface area contributed by atoms with Crippen LogP contribution in [0, 0.1) is 5.82 Å². The number of ether oxygens (including phenoxy) is 2. The highest BCUT2D eigenvalue weighted by molar-refractivity contribution is 6.35. The van der Waals surface area contributed by atoms with Crippen LogP contribution in [0.25, 0.3) is 0 Å². The van der Waals surface area contributed by atoms with Gasteiger partial charge in [-0.2, -0.15) is 5.06 Å². The number of halogens is 4. The lowest BCUT2D eigenvalue weighted by Crippen LogP contribution is -2.36. The highest BCUT2D eigenvalue weighted by Gasteiger charge is 2.29. The number of benzene rings is 4. The Bertz CT molecular complexity index is 1630. The Hall–Kier alpha value is -3.98. The lowest BCUT2D eigenvalue weighted by molar-refractivity contribution is -0.139. The largest absolute Gasteiger partial charge is 0.493 e. The molecular weight excluding hydrogens is 608 g/mol. The van der Waals surface area contributed by atoms with Crippen LogP contribution < -0.4 is 14.3 Å². The van der Waals surface area contributed by atoms with Crippen LogP contribution in [0.4, 0.5) is 4.39 Å². The predicted molar refractivity (Wildman–Crippen MR) is 157 cm³/mol. The Morgan fingerprint density at radius 1 is 0.952 bits per heavy atom. The van der Waals surface area contributed by atoms with Crippen LogP contribution in [0.2, 0.25) is 15.1 Å². The van der Waals surface area contributed by atoms with Gasteiger partial charge in [0.05, 0.1) is 29.1 Å². The summed E-state index contributed by atoms with van der Waals surface area (Å²) in [4.78, 5) is 31.0. The van der Waals surface area contributed by atoms with E-state index in [1.54, 1.807) is 54.6 Å². The quantitative estimate of drug-likeness (QED) is 0.188. The summed E-state index contributed by atoms with van der Waals surface area (Å²) in [7, 11) is 0. The second kappa shape index (κ2) is 12.9. The van der Waals surface area contributed by atoms with Crippen LogP contribution in [0.3, 0.4) is 0 Å². The molecule has 1 amide bonds. The Labute approximate surface area is 255 Å². The lowest BCUT2D eigenvalue weighted by atomic mass is 9.93. The van der Waals surface area contributed by atoms with Gasteiger partial charge in [0.2, 0.25) is 0 Å². The summed E-state index contributed by atoms with van der Waals surface area (Å²) in [6.07, 6.45) is 0.666. The predicted octanol–water partition coefficient (Wildman–Crippen LogP) is 8.21. The second-order valence-corrected chi connectivity index (χ2v) is 10.7. The smallest absolute Gasteiger partial charge is 0.311 e. The van der Waals surface area contributed by atoms with Gasteiger partial charge in [-0.15, -0.1) is 0 Å².